The lowest BCUT2D eigenvalue weighted by Gasteiger charge is -2.15. The second kappa shape index (κ2) is 6.33. The van der Waals surface area contributed by atoms with Crippen LogP contribution in [0.25, 0.3) is 0 Å². The lowest BCUT2D eigenvalue weighted by molar-refractivity contribution is 0.0783. The Balaban J connectivity index is 2.06. The van der Waals surface area contributed by atoms with E-state index in [1.165, 1.54) is 11.3 Å². The molecule has 0 saturated heterocycles. The molecule has 0 unspecified atom stereocenters. The average molecular weight is 292 g/mol. The van der Waals surface area contributed by atoms with Gasteiger partial charge in [0.25, 0.3) is 5.91 Å². The lowest BCUT2D eigenvalue weighted by atomic mass is 10.2. The van der Waals surface area contributed by atoms with E-state index in [0.29, 0.717) is 16.7 Å². The highest BCUT2D eigenvalue weighted by atomic mass is 32.1. The molecule has 0 bridgehead atoms. The van der Waals surface area contributed by atoms with Crippen LogP contribution in [-0.4, -0.2) is 42.2 Å². The van der Waals surface area contributed by atoms with Crippen molar-refractivity contribution in [1.29, 1.82) is 0 Å². The van der Waals surface area contributed by atoms with Crippen molar-refractivity contribution >= 4 is 22.4 Å². The number of methoxy groups -OCH3 is 1. The molecule has 0 atom stereocenters. The number of anilines is 1. The lowest BCUT2D eigenvalue weighted by Crippen LogP contribution is -2.26. The van der Waals surface area contributed by atoms with E-state index in [-0.39, 0.29) is 5.91 Å². The van der Waals surface area contributed by atoms with Gasteiger partial charge in [0.1, 0.15) is 5.75 Å². The number of carbonyl (C=O) groups is 1. The monoisotopic (exact) mass is 292 g/mol. The Hall–Kier alpha value is -2.15. The summed E-state index contributed by atoms with van der Waals surface area (Å²) in [4.78, 5) is 13.8. The van der Waals surface area contributed by atoms with Gasteiger partial charge >= 0.3 is 0 Å². The number of carbonyl (C=O) groups excluding carboxylic acids is 1. The van der Waals surface area contributed by atoms with Gasteiger partial charge in [-0.1, -0.05) is 23.5 Å². The maximum atomic E-state index is 12.2. The first-order valence-electron chi connectivity index (χ1n) is 6.03. The normalized spacial score (nSPS) is 10.2. The van der Waals surface area contributed by atoms with E-state index in [1.54, 1.807) is 26.1 Å². The van der Waals surface area contributed by atoms with Gasteiger partial charge in [-0.3, -0.25) is 4.79 Å². The van der Waals surface area contributed by atoms with Crippen LogP contribution in [0.3, 0.4) is 0 Å². The van der Waals surface area contributed by atoms with Crippen molar-refractivity contribution in [1.82, 2.24) is 15.1 Å². The zero-order chi connectivity index (χ0) is 14.5. The van der Waals surface area contributed by atoms with E-state index in [1.807, 2.05) is 24.3 Å². The smallest absolute Gasteiger partial charge is 0.284 e. The second-order valence-corrected chi connectivity index (χ2v) is 5.15. The molecule has 106 valence electrons. The molecule has 1 N–H and O–H groups in total. The summed E-state index contributed by atoms with van der Waals surface area (Å²) in [6.45, 7) is 0.491. The van der Waals surface area contributed by atoms with Crippen LogP contribution in [0.5, 0.6) is 5.75 Å². The molecule has 1 aromatic carbocycles. The average Bonchev–Trinajstić information content (AvgIpc) is 2.95. The third-order valence-corrected chi connectivity index (χ3v) is 3.65. The molecule has 20 heavy (non-hydrogen) atoms. The minimum atomic E-state index is -0.146. The van der Waals surface area contributed by atoms with Gasteiger partial charge < -0.3 is 15.0 Å². The Morgan fingerprint density at radius 3 is 2.90 bits per heavy atom. The van der Waals surface area contributed by atoms with E-state index in [9.17, 15) is 4.79 Å². The van der Waals surface area contributed by atoms with Gasteiger partial charge in [-0.15, -0.1) is 10.2 Å². The minimum absolute atomic E-state index is 0.146. The first kappa shape index (κ1) is 14.3. The van der Waals surface area contributed by atoms with Gasteiger partial charge in [-0.05, 0) is 17.7 Å². The maximum Gasteiger partial charge on any atom is 0.284 e. The summed E-state index contributed by atoms with van der Waals surface area (Å²) < 4.78 is 5.17. The topological polar surface area (TPSA) is 67.4 Å². The van der Waals surface area contributed by atoms with Gasteiger partial charge in [-0.25, -0.2) is 0 Å². The predicted molar refractivity (Wildman–Crippen MR) is 78.2 cm³/mol. The molecule has 0 spiro atoms. The number of ether oxygens (including phenoxy) is 1. The summed E-state index contributed by atoms with van der Waals surface area (Å²) in [6.07, 6.45) is 0. The first-order chi connectivity index (χ1) is 9.63. The molecule has 2 aromatic rings. The molecule has 2 rings (SSSR count). The minimum Gasteiger partial charge on any atom is -0.497 e. The molecule has 0 radical (unpaired) electrons. The molecule has 1 amide bonds. The molecule has 0 aliphatic rings. The third kappa shape index (κ3) is 3.24. The van der Waals surface area contributed by atoms with Crippen molar-refractivity contribution in [3.05, 3.63) is 34.8 Å². The van der Waals surface area contributed by atoms with E-state index in [0.717, 1.165) is 11.3 Å². The Kier molecular flexibility index (Phi) is 4.52. The summed E-state index contributed by atoms with van der Waals surface area (Å²) in [5.74, 6) is 0.628. The van der Waals surface area contributed by atoms with Crippen LogP contribution in [0.4, 0.5) is 5.13 Å². The number of rotatable bonds is 5. The number of nitrogens with zero attached hydrogens (tertiary/aromatic N) is 3. The molecule has 6 nitrogen and oxygen atoms in total. The SMILES string of the molecule is CNc1nnc(C(=O)N(C)Cc2cccc(OC)c2)s1. The van der Waals surface area contributed by atoms with Crippen LogP contribution in [0.1, 0.15) is 15.4 Å². The van der Waals surface area contributed by atoms with Gasteiger partial charge in [0.05, 0.1) is 7.11 Å². The summed E-state index contributed by atoms with van der Waals surface area (Å²) >= 11 is 1.24. The highest BCUT2D eigenvalue weighted by Gasteiger charge is 2.17. The van der Waals surface area contributed by atoms with Gasteiger partial charge in [0.15, 0.2) is 0 Å². The van der Waals surface area contributed by atoms with E-state index in [4.69, 9.17) is 4.74 Å². The zero-order valence-corrected chi connectivity index (χ0v) is 12.4. The Labute approximate surface area is 121 Å². The largest absolute Gasteiger partial charge is 0.497 e. The number of amides is 1. The van der Waals surface area contributed by atoms with Crippen molar-refractivity contribution in [2.45, 2.75) is 6.54 Å². The molecule has 1 heterocycles. The molecule has 7 heteroatoms. The van der Waals surface area contributed by atoms with E-state index in [2.05, 4.69) is 15.5 Å². The molecule has 0 fully saturated rings. The summed E-state index contributed by atoms with van der Waals surface area (Å²) in [5, 5.41) is 11.6. The summed E-state index contributed by atoms with van der Waals surface area (Å²) in [7, 11) is 5.10. The molecular weight excluding hydrogens is 276 g/mol. The standard InChI is InChI=1S/C13H16N4O2S/c1-14-13-16-15-11(20-13)12(18)17(2)8-9-5-4-6-10(7-9)19-3/h4-7H,8H2,1-3H3,(H,14,16). The Morgan fingerprint density at radius 1 is 1.45 bits per heavy atom. The first-order valence-corrected chi connectivity index (χ1v) is 6.85. The third-order valence-electron chi connectivity index (χ3n) is 2.72. The number of nitrogens with one attached hydrogen (secondary N) is 1. The van der Waals surface area contributed by atoms with Crippen molar-refractivity contribution < 1.29 is 9.53 Å². The number of aromatic nitrogens is 2. The van der Waals surface area contributed by atoms with Crippen LogP contribution >= 0.6 is 11.3 Å². The Morgan fingerprint density at radius 2 is 2.25 bits per heavy atom. The summed E-state index contributed by atoms with van der Waals surface area (Å²) in [6, 6.07) is 7.63. The van der Waals surface area contributed by atoms with Crippen LogP contribution in [-0.2, 0) is 6.54 Å². The van der Waals surface area contributed by atoms with Crippen molar-refractivity contribution in [3.63, 3.8) is 0 Å². The molecule has 1 aromatic heterocycles. The van der Waals surface area contributed by atoms with Gasteiger partial charge in [0, 0.05) is 20.6 Å². The molecular formula is C13H16N4O2S. The van der Waals surface area contributed by atoms with Crippen LogP contribution in [0.2, 0.25) is 0 Å². The van der Waals surface area contributed by atoms with Crippen LogP contribution in [0, 0.1) is 0 Å². The van der Waals surface area contributed by atoms with Crippen molar-refractivity contribution in [3.8, 4) is 5.75 Å². The van der Waals surface area contributed by atoms with Crippen molar-refractivity contribution in [2.75, 3.05) is 26.5 Å². The molecule has 0 aliphatic carbocycles. The Bertz CT molecular complexity index is 600. The number of hydrogen-bond acceptors (Lipinski definition) is 6. The fourth-order valence-corrected chi connectivity index (χ4v) is 2.38. The number of benzene rings is 1. The fourth-order valence-electron chi connectivity index (χ4n) is 1.69. The summed E-state index contributed by atoms with van der Waals surface area (Å²) in [5.41, 5.74) is 0.999. The number of hydrogen-bond donors (Lipinski definition) is 1. The van der Waals surface area contributed by atoms with Crippen LogP contribution < -0.4 is 10.1 Å². The van der Waals surface area contributed by atoms with Crippen LogP contribution in [0.15, 0.2) is 24.3 Å². The van der Waals surface area contributed by atoms with E-state index < -0.39 is 0 Å². The highest BCUT2D eigenvalue weighted by molar-refractivity contribution is 7.17. The van der Waals surface area contributed by atoms with Gasteiger partial charge in [0.2, 0.25) is 10.1 Å². The highest BCUT2D eigenvalue weighted by Crippen LogP contribution is 2.18. The second-order valence-electron chi connectivity index (χ2n) is 4.18. The maximum absolute atomic E-state index is 12.2. The van der Waals surface area contributed by atoms with Crippen molar-refractivity contribution in [2.24, 2.45) is 0 Å². The molecule has 0 saturated carbocycles. The van der Waals surface area contributed by atoms with Gasteiger partial charge in [-0.2, -0.15) is 0 Å². The zero-order valence-electron chi connectivity index (χ0n) is 11.6. The quantitative estimate of drug-likeness (QED) is 0.911. The van der Waals surface area contributed by atoms with E-state index >= 15 is 0 Å². The fraction of sp³-hybridized carbons (Fsp3) is 0.308. The predicted octanol–water partition coefficient (Wildman–Crippen LogP) is 1.86. The molecule has 0 aliphatic heterocycles.